The Labute approximate surface area is 105 Å². The Balaban J connectivity index is 2.70. The van der Waals surface area contributed by atoms with Crippen molar-refractivity contribution < 1.29 is 19.4 Å². The van der Waals surface area contributed by atoms with E-state index in [-0.39, 0.29) is 12.2 Å². The Morgan fingerprint density at radius 2 is 2.33 bits per heavy atom. The number of ether oxygens (including phenoxy) is 2. The predicted octanol–water partition coefficient (Wildman–Crippen LogP) is 1.70. The van der Waals surface area contributed by atoms with Crippen LogP contribution in [0.25, 0.3) is 0 Å². The van der Waals surface area contributed by atoms with E-state index in [4.69, 9.17) is 14.6 Å². The van der Waals surface area contributed by atoms with Crippen LogP contribution in [-0.4, -0.2) is 24.8 Å². The molecule has 0 bridgehead atoms. The van der Waals surface area contributed by atoms with Crippen molar-refractivity contribution in [3.63, 3.8) is 0 Å². The number of nitriles is 1. The predicted molar refractivity (Wildman–Crippen MR) is 62.6 cm³/mol. The summed E-state index contributed by atoms with van der Waals surface area (Å²) in [6.45, 7) is 2.31. The lowest BCUT2D eigenvalue weighted by molar-refractivity contribution is 0.0684. The molecule has 1 atom stereocenters. The van der Waals surface area contributed by atoms with Crippen LogP contribution in [0.4, 0.5) is 0 Å². The van der Waals surface area contributed by atoms with Gasteiger partial charge in [-0.2, -0.15) is 5.26 Å². The Bertz CT molecular complexity index is 547. The van der Waals surface area contributed by atoms with Crippen LogP contribution in [0, 0.1) is 11.3 Å². The zero-order chi connectivity index (χ0) is 13.3. The van der Waals surface area contributed by atoms with Crippen molar-refractivity contribution in [3.05, 3.63) is 28.8 Å². The second kappa shape index (κ2) is 4.31. The first-order chi connectivity index (χ1) is 8.51. The van der Waals surface area contributed by atoms with Gasteiger partial charge >= 0.3 is 5.97 Å². The molecule has 1 heterocycles. The average molecular weight is 247 g/mol. The molecule has 94 valence electrons. The van der Waals surface area contributed by atoms with Crippen LogP contribution >= 0.6 is 0 Å². The number of carboxylic acids is 1. The molecular weight excluding hydrogens is 234 g/mol. The van der Waals surface area contributed by atoms with Crippen molar-refractivity contribution in [1.29, 1.82) is 5.26 Å². The molecule has 0 saturated carbocycles. The van der Waals surface area contributed by atoms with E-state index in [1.165, 1.54) is 19.2 Å². The fourth-order valence-corrected chi connectivity index (χ4v) is 2.12. The Hall–Kier alpha value is -2.06. The van der Waals surface area contributed by atoms with E-state index in [2.05, 4.69) is 6.07 Å². The highest BCUT2D eigenvalue weighted by atomic mass is 16.5. The lowest BCUT2D eigenvalue weighted by atomic mass is 9.79. The van der Waals surface area contributed by atoms with Crippen LogP contribution in [0.3, 0.4) is 0 Å². The molecule has 0 amide bonds. The molecule has 0 aliphatic carbocycles. The van der Waals surface area contributed by atoms with Crippen molar-refractivity contribution in [1.82, 2.24) is 0 Å². The minimum Gasteiger partial charge on any atom is -0.496 e. The summed E-state index contributed by atoms with van der Waals surface area (Å²) in [6.07, 6.45) is 0. The Morgan fingerprint density at radius 1 is 1.61 bits per heavy atom. The van der Waals surface area contributed by atoms with Gasteiger partial charge in [-0.3, -0.25) is 0 Å². The van der Waals surface area contributed by atoms with E-state index < -0.39 is 11.4 Å². The molecule has 1 unspecified atom stereocenters. The number of carbonyl (C=O) groups is 1. The molecule has 5 nitrogen and oxygen atoms in total. The highest BCUT2D eigenvalue weighted by Gasteiger charge is 2.35. The largest absolute Gasteiger partial charge is 0.496 e. The van der Waals surface area contributed by atoms with E-state index in [1.807, 2.05) is 0 Å². The van der Waals surface area contributed by atoms with Crippen LogP contribution in [-0.2, 0) is 16.8 Å². The number of aromatic carboxylic acids is 1. The van der Waals surface area contributed by atoms with Gasteiger partial charge in [0.2, 0.25) is 0 Å². The summed E-state index contributed by atoms with van der Waals surface area (Å²) >= 11 is 0. The molecule has 0 saturated heterocycles. The van der Waals surface area contributed by atoms with E-state index >= 15 is 0 Å². The third-order valence-electron chi connectivity index (χ3n) is 3.15. The topological polar surface area (TPSA) is 79.6 Å². The molecule has 1 aromatic rings. The van der Waals surface area contributed by atoms with Gasteiger partial charge in [-0.1, -0.05) is 0 Å². The second-order valence-electron chi connectivity index (χ2n) is 4.45. The number of benzene rings is 1. The Kier molecular flexibility index (Phi) is 2.97. The fraction of sp³-hybridized carbons (Fsp3) is 0.385. The smallest absolute Gasteiger partial charge is 0.335 e. The standard InChI is InChI=1S/C13H13NO4/c1-13(6-14)7-18-5-9-10(13)3-8(12(15)16)4-11(9)17-2/h3-4H,5,7H2,1-2H3,(H,15,16). The van der Waals surface area contributed by atoms with Gasteiger partial charge in [0.25, 0.3) is 0 Å². The Morgan fingerprint density at radius 3 is 2.89 bits per heavy atom. The van der Waals surface area contributed by atoms with Crippen LogP contribution in [0.1, 0.15) is 28.4 Å². The molecule has 1 aliphatic heterocycles. The molecule has 0 radical (unpaired) electrons. The fourth-order valence-electron chi connectivity index (χ4n) is 2.12. The van der Waals surface area contributed by atoms with Crippen LogP contribution in [0.2, 0.25) is 0 Å². The number of methoxy groups -OCH3 is 1. The molecule has 18 heavy (non-hydrogen) atoms. The number of hydrogen-bond acceptors (Lipinski definition) is 4. The molecular formula is C13H13NO4. The van der Waals surface area contributed by atoms with Gasteiger partial charge in [0.15, 0.2) is 0 Å². The normalized spacial score (nSPS) is 21.8. The molecule has 2 rings (SSSR count). The van der Waals surface area contributed by atoms with E-state index in [9.17, 15) is 10.1 Å². The first-order valence-electron chi connectivity index (χ1n) is 5.45. The zero-order valence-corrected chi connectivity index (χ0v) is 10.2. The lowest BCUT2D eigenvalue weighted by Gasteiger charge is -2.31. The first-order valence-corrected chi connectivity index (χ1v) is 5.45. The molecule has 0 aromatic heterocycles. The maximum atomic E-state index is 11.1. The third-order valence-corrected chi connectivity index (χ3v) is 3.15. The van der Waals surface area contributed by atoms with Crippen molar-refractivity contribution in [2.45, 2.75) is 18.9 Å². The number of hydrogen-bond donors (Lipinski definition) is 1. The van der Waals surface area contributed by atoms with Gasteiger partial charge in [-0.15, -0.1) is 0 Å². The summed E-state index contributed by atoms with van der Waals surface area (Å²) in [5.74, 6) is -0.589. The maximum Gasteiger partial charge on any atom is 0.335 e. The average Bonchev–Trinajstić information content (AvgIpc) is 2.38. The zero-order valence-electron chi connectivity index (χ0n) is 10.2. The van der Waals surface area contributed by atoms with Gasteiger partial charge in [0.05, 0.1) is 32.0 Å². The van der Waals surface area contributed by atoms with Crippen LogP contribution in [0.15, 0.2) is 12.1 Å². The van der Waals surface area contributed by atoms with Crippen LogP contribution in [0.5, 0.6) is 5.75 Å². The van der Waals surface area contributed by atoms with Crippen molar-refractivity contribution in [3.8, 4) is 11.8 Å². The molecule has 0 fully saturated rings. The summed E-state index contributed by atoms with van der Waals surface area (Å²) in [5.41, 5.74) is 0.701. The number of nitrogens with zero attached hydrogens (tertiary/aromatic N) is 1. The van der Waals surface area contributed by atoms with E-state index in [0.717, 1.165) is 5.56 Å². The van der Waals surface area contributed by atoms with E-state index in [1.54, 1.807) is 6.92 Å². The minimum atomic E-state index is -1.04. The third kappa shape index (κ3) is 1.81. The summed E-state index contributed by atoms with van der Waals surface area (Å²) in [4.78, 5) is 11.1. The molecule has 0 spiro atoms. The first kappa shape index (κ1) is 12.4. The summed E-state index contributed by atoms with van der Waals surface area (Å²) in [5, 5.41) is 18.4. The summed E-state index contributed by atoms with van der Waals surface area (Å²) in [6, 6.07) is 5.17. The number of rotatable bonds is 2. The number of fused-ring (bicyclic) bond motifs is 1. The molecule has 1 aliphatic rings. The SMILES string of the molecule is COc1cc(C(=O)O)cc2c1COCC2(C)C#N. The summed E-state index contributed by atoms with van der Waals surface area (Å²) < 4.78 is 10.6. The highest BCUT2D eigenvalue weighted by molar-refractivity contribution is 5.89. The van der Waals surface area contributed by atoms with Gasteiger partial charge in [0, 0.05) is 5.56 Å². The van der Waals surface area contributed by atoms with E-state index in [0.29, 0.717) is 17.9 Å². The van der Waals surface area contributed by atoms with Crippen molar-refractivity contribution in [2.24, 2.45) is 0 Å². The minimum absolute atomic E-state index is 0.119. The maximum absolute atomic E-state index is 11.1. The lowest BCUT2D eigenvalue weighted by Crippen LogP contribution is -2.32. The van der Waals surface area contributed by atoms with Gasteiger partial charge in [-0.25, -0.2) is 4.79 Å². The molecule has 1 aromatic carbocycles. The van der Waals surface area contributed by atoms with Crippen molar-refractivity contribution in [2.75, 3.05) is 13.7 Å². The van der Waals surface area contributed by atoms with Gasteiger partial charge in [-0.05, 0) is 24.6 Å². The quantitative estimate of drug-likeness (QED) is 0.860. The highest BCUT2D eigenvalue weighted by Crippen LogP contribution is 2.37. The van der Waals surface area contributed by atoms with Crippen LogP contribution < -0.4 is 4.74 Å². The molecule has 5 heteroatoms. The number of carboxylic acid groups (broad SMARTS) is 1. The second-order valence-corrected chi connectivity index (χ2v) is 4.45. The molecule has 1 N–H and O–H groups in total. The van der Waals surface area contributed by atoms with Crippen molar-refractivity contribution >= 4 is 5.97 Å². The summed E-state index contributed by atoms with van der Waals surface area (Å²) in [7, 11) is 1.47. The van der Waals surface area contributed by atoms with Gasteiger partial charge < -0.3 is 14.6 Å². The monoisotopic (exact) mass is 247 g/mol. The van der Waals surface area contributed by atoms with Gasteiger partial charge in [0.1, 0.15) is 11.2 Å².